The van der Waals surface area contributed by atoms with E-state index in [9.17, 15) is 4.79 Å². The van der Waals surface area contributed by atoms with E-state index in [1.807, 2.05) is 13.8 Å². The van der Waals surface area contributed by atoms with Gasteiger partial charge in [0.2, 0.25) is 5.91 Å². The van der Waals surface area contributed by atoms with Gasteiger partial charge in [0.25, 0.3) is 0 Å². The summed E-state index contributed by atoms with van der Waals surface area (Å²) in [7, 11) is 0. The van der Waals surface area contributed by atoms with Crippen molar-refractivity contribution in [3.8, 4) is 0 Å². The predicted molar refractivity (Wildman–Crippen MR) is 89.2 cm³/mol. The molecule has 0 heterocycles. The van der Waals surface area contributed by atoms with Gasteiger partial charge in [-0.3, -0.25) is 4.79 Å². The van der Waals surface area contributed by atoms with Crippen LogP contribution < -0.4 is 11.1 Å². The van der Waals surface area contributed by atoms with Crippen LogP contribution in [-0.2, 0) is 10.2 Å². The Morgan fingerprint density at radius 1 is 1.19 bits per heavy atom. The van der Waals surface area contributed by atoms with Crippen LogP contribution in [0.15, 0.2) is 24.3 Å². The fraction of sp³-hybridized carbons (Fsp3) is 0.611. The molecule has 2 atom stereocenters. The zero-order valence-corrected chi connectivity index (χ0v) is 14.3. The minimum atomic E-state index is -0.797. The van der Waals surface area contributed by atoms with Crippen molar-refractivity contribution in [1.82, 2.24) is 5.32 Å². The van der Waals surface area contributed by atoms with Gasteiger partial charge in [-0.25, -0.2) is 0 Å². The Morgan fingerprint density at radius 2 is 1.71 bits per heavy atom. The van der Waals surface area contributed by atoms with E-state index >= 15 is 0 Å². The van der Waals surface area contributed by atoms with Crippen molar-refractivity contribution < 1.29 is 4.79 Å². The Hall–Kier alpha value is -1.35. The average molecular weight is 290 g/mol. The first kappa shape index (κ1) is 17.7. The van der Waals surface area contributed by atoms with Crippen LogP contribution in [0.4, 0.5) is 0 Å². The third-order valence-corrected chi connectivity index (χ3v) is 3.91. The number of amides is 1. The van der Waals surface area contributed by atoms with Crippen LogP contribution >= 0.6 is 0 Å². The standard InChI is InChI=1S/C18H30N2O/c1-7-12-18(6,19)16(21)20-13(2)14-8-10-15(11-9-14)17(3,4)5/h8-11,13H,7,12,19H2,1-6H3,(H,20,21). The molecule has 3 heteroatoms. The summed E-state index contributed by atoms with van der Waals surface area (Å²) in [6.07, 6.45) is 1.59. The Morgan fingerprint density at radius 3 is 2.14 bits per heavy atom. The first-order valence-electron chi connectivity index (χ1n) is 7.78. The van der Waals surface area contributed by atoms with Crippen LogP contribution in [0.2, 0.25) is 0 Å². The second-order valence-electron chi connectivity index (χ2n) is 7.23. The van der Waals surface area contributed by atoms with Crippen molar-refractivity contribution in [2.45, 2.75) is 71.4 Å². The topological polar surface area (TPSA) is 55.1 Å². The third kappa shape index (κ3) is 4.85. The van der Waals surface area contributed by atoms with Gasteiger partial charge in [0.15, 0.2) is 0 Å². The van der Waals surface area contributed by atoms with Crippen LogP contribution in [0.5, 0.6) is 0 Å². The van der Waals surface area contributed by atoms with E-state index in [2.05, 4.69) is 50.4 Å². The van der Waals surface area contributed by atoms with Crippen molar-refractivity contribution in [3.05, 3.63) is 35.4 Å². The van der Waals surface area contributed by atoms with Gasteiger partial charge in [0.05, 0.1) is 11.6 Å². The Labute approximate surface area is 129 Å². The number of nitrogens with two attached hydrogens (primary N) is 1. The number of nitrogens with one attached hydrogen (secondary N) is 1. The first-order chi connectivity index (χ1) is 9.58. The zero-order chi connectivity index (χ0) is 16.3. The largest absolute Gasteiger partial charge is 0.348 e. The molecule has 2 unspecified atom stereocenters. The van der Waals surface area contributed by atoms with Gasteiger partial charge in [0.1, 0.15) is 0 Å². The van der Waals surface area contributed by atoms with Crippen molar-refractivity contribution in [1.29, 1.82) is 0 Å². The Balaban J connectivity index is 2.76. The summed E-state index contributed by atoms with van der Waals surface area (Å²) in [4.78, 5) is 12.2. The number of rotatable bonds is 5. The SMILES string of the molecule is CCCC(C)(N)C(=O)NC(C)c1ccc(C(C)(C)C)cc1. The predicted octanol–water partition coefficient (Wildman–Crippen LogP) is 3.68. The van der Waals surface area contributed by atoms with Crippen molar-refractivity contribution >= 4 is 5.91 Å². The number of hydrogen-bond acceptors (Lipinski definition) is 2. The summed E-state index contributed by atoms with van der Waals surface area (Å²) in [6, 6.07) is 8.39. The van der Waals surface area contributed by atoms with E-state index in [0.717, 1.165) is 12.0 Å². The molecule has 3 nitrogen and oxygen atoms in total. The van der Waals surface area contributed by atoms with E-state index in [-0.39, 0.29) is 17.4 Å². The van der Waals surface area contributed by atoms with Gasteiger partial charge in [-0.2, -0.15) is 0 Å². The maximum Gasteiger partial charge on any atom is 0.240 e. The maximum atomic E-state index is 12.2. The quantitative estimate of drug-likeness (QED) is 0.869. The highest BCUT2D eigenvalue weighted by molar-refractivity contribution is 5.85. The summed E-state index contributed by atoms with van der Waals surface area (Å²) < 4.78 is 0. The highest BCUT2D eigenvalue weighted by Crippen LogP contribution is 2.24. The van der Waals surface area contributed by atoms with E-state index in [0.29, 0.717) is 6.42 Å². The van der Waals surface area contributed by atoms with Gasteiger partial charge in [-0.15, -0.1) is 0 Å². The highest BCUT2D eigenvalue weighted by Gasteiger charge is 2.28. The molecule has 0 aliphatic rings. The van der Waals surface area contributed by atoms with Crippen LogP contribution in [0.1, 0.15) is 71.6 Å². The summed E-state index contributed by atoms with van der Waals surface area (Å²) in [6.45, 7) is 12.4. The number of benzene rings is 1. The molecule has 1 aromatic rings. The number of carbonyl (C=O) groups is 1. The van der Waals surface area contributed by atoms with Crippen LogP contribution in [0, 0.1) is 0 Å². The van der Waals surface area contributed by atoms with Gasteiger partial charge in [-0.05, 0) is 36.8 Å². The molecule has 21 heavy (non-hydrogen) atoms. The molecule has 0 spiro atoms. The monoisotopic (exact) mass is 290 g/mol. The van der Waals surface area contributed by atoms with E-state index in [1.54, 1.807) is 6.92 Å². The molecule has 0 fully saturated rings. The second-order valence-corrected chi connectivity index (χ2v) is 7.23. The molecule has 0 bridgehead atoms. The lowest BCUT2D eigenvalue weighted by molar-refractivity contribution is -0.126. The number of carbonyl (C=O) groups excluding carboxylic acids is 1. The molecule has 1 aromatic carbocycles. The lowest BCUT2D eigenvalue weighted by atomic mass is 9.86. The molecule has 1 rings (SSSR count). The Bertz CT molecular complexity index is 469. The molecule has 0 aromatic heterocycles. The normalized spacial score (nSPS) is 16.1. The fourth-order valence-corrected chi connectivity index (χ4v) is 2.35. The van der Waals surface area contributed by atoms with Gasteiger partial charge < -0.3 is 11.1 Å². The summed E-state index contributed by atoms with van der Waals surface area (Å²) >= 11 is 0. The molecule has 0 aliphatic carbocycles. The lowest BCUT2D eigenvalue weighted by Gasteiger charge is -2.26. The maximum absolute atomic E-state index is 12.2. The van der Waals surface area contributed by atoms with Crippen molar-refractivity contribution in [3.63, 3.8) is 0 Å². The minimum Gasteiger partial charge on any atom is -0.348 e. The van der Waals surface area contributed by atoms with Gasteiger partial charge >= 0.3 is 0 Å². The summed E-state index contributed by atoms with van der Waals surface area (Å²) in [5.74, 6) is -0.0863. The molecular weight excluding hydrogens is 260 g/mol. The first-order valence-corrected chi connectivity index (χ1v) is 7.78. The Kier molecular flexibility index (Phi) is 5.57. The lowest BCUT2D eigenvalue weighted by Crippen LogP contribution is -2.52. The van der Waals surface area contributed by atoms with E-state index in [4.69, 9.17) is 5.73 Å². The van der Waals surface area contributed by atoms with Crippen LogP contribution in [0.3, 0.4) is 0 Å². The van der Waals surface area contributed by atoms with E-state index in [1.165, 1.54) is 5.56 Å². The average Bonchev–Trinajstić information content (AvgIpc) is 2.37. The van der Waals surface area contributed by atoms with Crippen LogP contribution in [0.25, 0.3) is 0 Å². The smallest absolute Gasteiger partial charge is 0.240 e. The zero-order valence-electron chi connectivity index (χ0n) is 14.3. The summed E-state index contributed by atoms with van der Waals surface area (Å²) in [5, 5.41) is 3.02. The molecule has 0 saturated carbocycles. The minimum absolute atomic E-state index is 0.0359. The van der Waals surface area contributed by atoms with Crippen LogP contribution in [-0.4, -0.2) is 11.4 Å². The third-order valence-electron chi connectivity index (χ3n) is 3.91. The van der Waals surface area contributed by atoms with E-state index < -0.39 is 5.54 Å². The molecule has 0 radical (unpaired) electrons. The van der Waals surface area contributed by atoms with Crippen molar-refractivity contribution in [2.24, 2.45) is 5.73 Å². The molecule has 118 valence electrons. The number of hydrogen-bond donors (Lipinski definition) is 2. The fourth-order valence-electron chi connectivity index (χ4n) is 2.35. The summed E-state index contributed by atoms with van der Waals surface area (Å²) in [5.41, 5.74) is 7.80. The second kappa shape index (κ2) is 6.61. The molecule has 0 saturated heterocycles. The molecular formula is C18H30N2O. The van der Waals surface area contributed by atoms with Gasteiger partial charge in [-0.1, -0.05) is 58.4 Å². The van der Waals surface area contributed by atoms with Gasteiger partial charge in [0, 0.05) is 0 Å². The molecule has 3 N–H and O–H groups in total. The molecule has 1 amide bonds. The highest BCUT2D eigenvalue weighted by atomic mass is 16.2. The van der Waals surface area contributed by atoms with Crippen molar-refractivity contribution in [2.75, 3.05) is 0 Å². The molecule has 0 aliphatic heterocycles.